The van der Waals surface area contributed by atoms with E-state index in [0.717, 1.165) is 5.69 Å². The Morgan fingerprint density at radius 2 is 1.96 bits per heavy atom. The lowest BCUT2D eigenvalue weighted by Gasteiger charge is -2.11. The molecule has 1 amide bonds. The molecule has 1 heterocycles. The number of aromatic nitrogens is 1. The van der Waals surface area contributed by atoms with Gasteiger partial charge >= 0.3 is 0 Å². The maximum atomic E-state index is 12.8. The molecule has 7 heteroatoms. The summed E-state index contributed by atoms with van der Waals surface area (Å²) in [5, 5.41) is 8.69. The first-order valence-corrected chi connectivity index (χ1v) is 7.65. The molecule has 6 nitrogen and oxygen atoms in total. The van der Waals surface area contributed by atoms with Crippen molar-refractivity contribution in [3.63, 3.8) is 0 Å². The van der Waals surface area contributed by atoms with Crippen LogP contribution in [-0.2, 0) is 11.3 Å². The predicted octanol–water partition coefficient (Wildman–Crippen LogP) is 1.91. The number of hydrogen-bond donors (Lipinski definition) is 3. The summed E-state index contributed by atoms with van der Waals surface area (Å²) in [6.07, 6.45) is 1.71. The standard InChI is InChI=1S/C17H20FN5O/c1-2-19-17(21-11-15-5-3-4-10-20-15)22-12-16(24)23-14-8-6-13(18)7-9-14/h3-10H,2,11-12H2,1H3,(H,23,24)(H2,19,21,22). The van der Waals surface area contributed by atoms with Gasteiger partial charge in [0.25, 0.3) is 0 Å². The number of carbonyl (C=O) groups is 1. The SMILES string of the molecule is CCNC(=NCc1ccccn1)NCC(=O)Nc1ccc(F)cc1. The molecular formula is C17H20FN5O. The van der Waals surface area contributed by atoms with Gasteiger partial charge in [0.05, 0.1) is 18.8 Å². The molecule has 24 heavy (non-hydrogen) atoms. The minimum absolute atomic E-state index is 0.0471. The monoisotopic (exact) mass is 329 g/mol. The van der Waals surface area contributed by atoms with E-state index >= 15 is 0 Å². The van der Waals surface area contributed by atoms with Gasteiger partial charge in [0.15, 0.2) is 5.96 Å². The van der Waals surface area contributed by atoms with E-state index in [-0.39, 0.29) is 18.3 Å². The third-order valence-electron chi connectivity index (χ3n) is 3.01. The number of nitrogens with one attached hydrogen (secondary N) is 3. The smallest absolute Gasteiger partial charge is 0.243 e. The molecule has 3 N–H and O–H groups in total. The van der Waals surface area contributed by atoms with E-state index in [2.05, 4.69) is 25.9 Å². The van der Waals surface area contributed by atoms with Gasteiger partial charge < -0.3 is 16.0 Å². The zero-order chi connectivity index (χ0) is 17.2. The van der Waals surface area contributed by atoms with E-state index in [4.69, 9.17) is 0 Å². The lowest BCUT2D eigenvalue weighted by atomic mass is 10.3. The number of hydrogen-bond acceptors (Lipinski definition) is 3. The second-order valence-electron chi connectivity index (χ2n) is 4.92. The van der Waals surface area contributed by atoms with E-state index in [0.29, 0.717) is 24.7 Å². The maximum Gasteiger partial charge on any atom is 0.243 e. The Morgan fingerprint density at radius 1 is 1.17 bits per heavy atom. The van der Waals surface area contributed by atoms with Crippen LogP contribution in [0.2, 0.25) is 0 Å². The minimum Gasteiger partial charge on any atom is -0.357 e. The van der Waals surface area contributed by atoms with Gasteiger partial charge in [-0.15, -0.1) is 0 Å². The molecule has 0 saturated carbocycles. The maximum absolute atomic E-state index is 12.8. The van der Waals surface area contributed by atoms with Crippen molar-refractivity contribution in [1.29, 1.82) is 0 Å². The fraction of sp³-hybridized carbons (Fsp3) is 0.235. The van der Waals surface area contributed by atoms with Gasteiger partial charge in [-0.2, -0.15) is 0 Å². The van der Waals surface area contributed by atoms with Crippen molar-refractivity contribution in [1.82, 2.24) is 15.6 Å². The van der Waals surface area contributed by atoms with Crippen LogP contribution in [0.1, 0.15) is 12.6 Å². The normalized spacial score (nSPS) is 11.0. The average Bonchev–Trinajstić information content (AvgIpc) is 2.60. The molecule has 2 rings (SSSR count). The number of rotatable bonds is 6. The Morgan fingerprint density at radius 3 is 2.62 bits per heavy atom. The third kappa shape index (κ3) is 6.04. The molecule has 2 aromatic rings. The fourth-order valence-electron chi connectivity index (χ4n) is 1.90. The fourth-order valence-corrected chi connectivity index (χ4v) is 1.90. The topological polar surface area (TPSA) is 78.4 Å². The van der Waals surface area contributed by atoms with Gasteiger partial charge in [-0.1, -0.05) is 6.07 Å². The van der Waals surface area contributed by atoms with Crippen LogP contribution < -0.4 is 16.0 Å². The highest BCUT2D eigenvalue weighted by atomic mass is 19.1. The molecule has 0 aliphatic heterocycles. The highest BCUT2D eigenvalue weighted by Crippen LogP contribution is 2.07. The number of amides is 1. The summed E-state index contributed by atoms with van der Waals surface area (Å²) in [4.78, 5) is 20.5. The molecule has 0 aliphatic rings. The molecule has 0 fully saturated rings. The molecule has 0 radical (unpaired) electrons. The summed E-state index contributed by atoms with van der Waals surface area (Å²) in [6, 6.07) is 11.2. The summed E-state index contributed by atoms with van der Waals surface area (Å²) < 4.78 is 12.8. The zero-order valence-electron chi connectivity index (χ0n) is 13.4. The first-order chi connectivity index (χ1) is 11.7. The van der Waals surface area contributed by atoms with E-state index in [9.17, 15) is 9.18 Å². The van der Waals surface area contributed by atoms with E-state index in [1.54, 1.807) is 6.20 Å². The van der Waals surface area contributed by atoms with Crippen molar-refractivity contribution in [2.45, 2.75) is 13.5 Å². The molecule has 0 unspecified atom stereocenters. The Kier molecular flexibility index (Phi) is 6.70. The number of anilines is 1. The van der Waals surface area contributed by atoms with Crippen molar-refractivity contribution in [3.05, 3.63) is 60.2 Å². The lowest BCUT2D eigenvalue weighted by Crippen LogP contribution is -2.41. The van der Waals surface area contributed by atoms with Crippen molar-refractivity contribution in [2.75, 3.05) is 18.4 Å². The zero-order valence-corrected chi connectivity index (χ0v) is 13.4. The summed E-state index contributed by atoms with van der Waals surface area (Å²) in [6.45, 7) is 3.07. The highest BCUT2D eigenvalue weighted by Gasteiger charge is 2.04. The first kappa shape index (κ1) is 17.4. The molecule has 0 bridgehead atoms. The van der Waals surface area contributed by atoms with Crippen LogP contribution in [0.25, 0.3) is 0 Å². The molecule has 0 aliphatic carbocycles. The van der Waals surface area contributed by atoms with Gasteiger partial charge in [0.2, 0.25) is 5.91 Å². The van der Waals surface area contributed by atoms with Crippen LogP contribution in [-0.4, -0.2) is 29.9 Å². The van der Waals surface area contributed by atoms with Crippen LogP contribution >= 0.6 is 0 Å². The lowest BCUT2D eigenvalue weighted by molar-refractivity contribution is -0.115. The van der Waals surface area contributed by atoms with Crippen molar-refractivity contribution in [2.24, 2.45) is 4.99 Å². The minimum atomic E-state index is -0.345. The molecule has 126 valence electrons. The van der Waals surface area contributed by atoms with Crippen LogP contribution in [0.3, 0.4) is 0 Å². The number of guanidine groups is 1. The van der Waals surface area contributed by atoms with Crippen LogP contribution in [0.4, 0.5) is 10.1 Å². The van der Waals surface area contributed by atoms with Crippen molar-refractivity contribution < 1.29 is 9.18 Å². The summed E-state index contributed by atoms with van der Waals surface area (Å²) in [5.74, 6) is -0.0651. The van der Waals surface area contributed by atoms with E-state index < -0.39 is 0 Å². The van der Waals surface area contributed by atoms with Gasteiger partial charge in [-0.3, -0.25) is 9.78 Å². The Hall–Kier alpha value is -2.96. The molecule has 1 aromatic heterocycles. The molecular weight excluding hydrogens is 309 g/mol. The molecule has 0 atom stereocenters. The van der Waals surface area contributed by atoms with E-state index in [1.807, 2.05) is 25.1 Å². The molecule has 0 saturated heterocycles. The van der Waals surface area contributed by atoms with Crippen LogP contribution in [0.15, 0.2) is 53.7 Å². The number of benzene rings is 1. The number of halogens is 1. The van der Waals surface area contributed by atoms with Gasteiger partial charge in [-0.25, -0.2) is 9.38 Å². The van der Waals surface area contributed by atoms with Gasteiger partial charge in [-0.05, 0) is 43.3 Å². The average molecular weight is 329 g/mol. The second kappa shape index (κ2) is 9.24. The molecule has 0 spiro atoms. The van der Waals surface area contributed by atoms with Gasteiger partial charge in [0, 0.05) is 18.4 Å². The first-order valence-electron chi connectivity index (χ1n) is 7.65. The van der Waals surface area contributed by atoms with Crippen LogP contribution in [0, 0.1) is 5.82 Å². The Balaban J connectivity index is 1.85. The highest BCUT2D eigenvalue weighted by molar-refractivity contribution is 5.94. The number of aliphatic imine (C=N–C) groups is 1. The Bertz CT molecular complexity index is 673. The number of pyridine rings is 1. The second-order valence-corrected chi connectivity index (χ2v) is 4.92. The van der Waals surface area contributed by atoms with Gasteiger partial charge in [0.1, 0.15) is 5.82 Å². The summed E-state index contributed by atoms with van der Waals surface area (Å²) in [7, 11) is 0. The van der Waals surface area contributed by atoms with Crippen molar-refractivity contribution in [3.8, 4) is 0 Å². The molecule has 1 aromatic carbocycles. The quantitative estimate of drug-likeness (QED) is 0.559. The summed E-state index contributed by atoms with van der Waals surface area (Å²) >= 11 is 0. The number of nitrogens with zero attached hydrogens (tertiary/aromatic N) is 2. The van der Waals surface area contributed by atoms with Crippen molar-refractivity contribution >= 4 is 17.6 Å². The van der Waals surface area contributed by atoms with E-state index in [1.165, 1.54) is 24.3 Å². The van der Waals surface area contributed by atoms with Crippen LogP contribution in [0.5, 0.6) is 0 Å². The number of carbonyl (C=O) groups excluding carboxylic acids is 1. The Labute approximate surface area is 140 Å². The predicted molar refractivity (Wildman–Crippen MR) is 92.1 cm³/mol. The largest absolute Gasteiger partial charge is 0.357 e. The third-order valence-corrected chi connectivity index (χ3v) is 3.01. The summed E-state index contributed by atoms with van der Waals surface area (Å²) in [5.41, 5.74) is 1.38.